The zero-order valence-corrected chi connectivity index (χ0v) is 24.6. The summed E-state index contributed by atoms with van der Waals surface area (Å²) in [6.07, 6.45) is 6.15. The van der Waals surface area contributed by atoms with Crippen molar-refractivity contribution in [2.75, 3.05) is 70.4 Å². The van der Waals surface area contributed by atoms with Crippen molar-refractivity contribution in [1.29, 1.82) is 0 Å². The van der Waals surface area contributed by atoms with E-state index in [0.29, 0.717) is 6.42 Å². The van der Waals surface area contributed by atoms with E-state index in [1.165, 1.54) is 5.56 Å². The van der Waals surface area contributed by atoms with Gasteiger partial charge in [-0.3, -0.25) is 9.98 Å². The van der Waals surface area contributed by atoms with E-state index in [2.05, 4.69) is 52.9 Å². The Labute approximate surface area is 243 Å². The van der Waals surface area contributed by atoms with Crippen molar-refractivity contribution in [2.45, 2.75) is 26.2 Å². The number of pyridine rings is 1. The topological polar surface area (TPSA) is 97.0 Å². The predicted octanol–water partition coefficient (Wildman–Crippen LogP) is 4.90. The molecule has 0 unspecified atom stereocenters. The second-order valence-corrected chi connectivity index (χ2v) is 10.2. The maximum Gasteiger partial charge on any atom is 0.131 e. The lowest BCUT2D eigenvalue weighted by molar-refractivity contribution is 0.285. The number of likely N-dealkylation sites (N-methyl/N-ethyl adjacent to an activating group) is 1. The Hall–Kier alpha value is -3.79. The molecule has 218 valence electrons. The lowest BCUT2D eigenvalue weighted by Gasteiger charge is -2.34. The average molecular weight is 559 g/mol. The van der Waals surface area contributed by atoms with Gasteiger partial charge in [0, 0.05) is 88.3 Å². The standard InChI is InChI=1S/C31H38N6O2.CH4O/c1-23-19-24(22-33-31(23)36-16-14-35(2)15-17-36)28-11-12-32-29-10-9-26(21-30(29)34-28)37(13-4-5-18-38)25-7-6-8-27(20-25)39-3;1-2/h6-10,12,19-22,38H,4-5,11,13-18H2,1-3H3;2H,1H3. The Kier molecular flexibility index (Phi) is 10.8. The number of aliphatic imine (C=N–C) groups is 2. The van der Waals surface area contributed by atoms with E-state index in [-0.39, 0.29) is 6.61 Å². The third kappa shape index (κ3) is 7.49. The van der Waals surface area contributed by atoms with Gasteiger partial charge in [0.15, 0.2) is 0 Å². The van der Waals surface area contributed by atoms with Crippen molar-refractivity contribution in [3.8, 4) is 5.75 Å². The minimum atomic E-state index is 0.180. The lowest BCUT2D eigenvalue weighted by Crippen LogP contribution is -2.45. The highest BCUT2D eigenvalue weighted by atomic mass is 16.5. The second kappa shape index (κ2) is 14.7. The van der Waals surface area contributed by atoms with Crippen LogP contribution in [-0.4, -0.2) is 92.6 Å². The Bertz CT molecular complexity index is 1350. The fourth-order valence-electron chi connectivity index (χ4n) is 5.12. The van der Waals surface area contributed by atoms with Crippen LogP contribution in [-0.2, 0) is 0 Å². The zero-order valence-electron chi connectivity index (χ0n) is 24.6. The van der Waals surface area contributed by atoms with Crippen LogP contribution >= 0.6 is 0 Å². The molecule has 0 aliphatic carbocycles. The van der Waals surface area contributed by atoms with Gasteiger partial charge in [0.25, 0.3) is 0 Å². The maximum atomic E-state index is 9.37. The third-order valence-electron chi connectivity index (χ3n) is 7.38. The molecule has 2 N–H and O–H groups in total. The number of rotatable bonds is 9. The molecule has 3 heterocycles. The number of anilines is 3. The van der Waals surface area contributed by atoms with Gasteiger partial charge in [-0.25, -0.2) is 4.98 Å². The van der Waals surface area contributed by atoms with Crippen molar-refractivity contribution in [3.05, 3.63) is 65.9 Å². The number of hydrogen-bond donors (Lipinski definition) is 2. The molecule has 0 spiro atoms. The summed E-state index contributed by atoms with van der Waals surface area (Å²) < 4.78 is 5.48. The number of fused-ring (bicyclic) bond motifs is 1. The number of ether oxygens (including phenoxy) is 1. The van der Waals surface area contributed by atoms with Gasteiger partial charge in [-0.2, -0.15) is 0 Å². The number of methoxy groups -OCH3 is 1. The molecule has 1 saturated heterocycles. The SMILES string of the molecule is CO.COc1cccc(N(CCCCO)c2ccc3c(c2)N=C(c2cnc(N4CCN(C)CC4)c(C)c2)CC=N3)c1. The molecule has 5 rings (SSSR count). The van der Waals surface area contributed by atoms with Crippen LogP contribution in [0.4, 0.5) is 28.6 Å². The molecule has 0 atom stereocenters. The molecule has 1 aromatic heterocycles. The molecule has 0 bridgehead atoms. The fraction of sp³-hybridized carbons (Fsp3) is 0.406. The number of aliphatic hydroxyl groups is 2. The largest absolute Gasteiger partial charge is 0.497 e. The Morgan fingerprint density at radius 1 is 0.951 bits per heavy atom. The van der Waals surface area contributed by atoms with Crippen LogP contribution in [0.2, 0.25) is 0 Å². The molecular formula is C32H42N6O3. The molecule has 3 aromatic rings. The van der Waals surface area contributed by atoms with Crippen LogP contribution in [0.25, 0.3) is 0 Å². The molecule has 2 aliphatic rings. The summed E-state index contributed by atoms with van der Waals surface area (Å²) in [5.41, 5.74) is 6.92. The highest BCUT2D eigenvalue weighted by Gasteiger charge is 2.19. The number of unbranched alkanes of at least 4 members (excludes halogenated alkanes) is 1. The smallest absolute Gasteiger partial charge is 0.131 e. The Morgan fingerprint density at radius 2 is 1.73 bits per heavy atom. The van der Waals surface area contributed by atoms with E-state index in [9.17, 15) is 5.11 Å². The number of benzene rings is 2. The van der Waals surface area contributed by atoms with E-state index in [4.69, 9.17) is 24.8 Å². The van der Waals surface area contributed by atoms with Crippen LogP contribution in [0.1, 0.15) is 30.4 Å². The summed E-state index contributed by atoms with van der Waals surface area (Å²) in [6, 6.07) is 16.5. The lowest BCUT2D eigenvalue weighted by atomic mass is 10.1. The van der Waals surface area contributed by atoms with Gasteiger partial charge in [0.05, 0.1) is 24.2 Å². The van der Waals surface area contributed by atoms with Crippen molar-refractivity contribution in [2.24, 2.45) is 9.98 Å². The summed E-state index contributed by atoms with van der Waals surface area (Å²) in [6.45, 7) is 7.18. The van der Waals surface area contributed by atoms with Crippen molar-refractivity contribution < 1.29 is 14.9 Å². The number of aromatic nitrogens is 1. The van der Waals surface area contributed by atoms with Gasteiger partial charge < -0.3 is 29.6 Å². The molecule has 1 fully saturated rings. The summed E-state index contributed by atoms with van der Waals surface area (Å²) in [4.78, 5) is 21.7. The normalized spacial score (nSPS) is 14.9. The quantitative estimate of drug-likeness (QED) is 0.361. The monoisotopic (exact) mass is 558 g/mol. The molecule has 0 saturated carbocycles. The van der Waals surface area contributed by atoms with Crippen molar-refractivity contribution in [3.63, 3.8) is 0 Å². The van der Waals surface area contributed by atoms with Crippen LogP contribution in [0, 0.1) is 6.92 Å². The Balaban J connectivity index is 0.00000189. The van der Waals surface area contributed by atoms with Crippen LogP contribution in [0.15, 0.2) is 64.7 Å². The number of nitrogens with zero attached hydrogens (tertiary/aromatic N) is 6. The van der Waals surface area contributed by atoms with Gasteiger partial charge in [-0.05, 0) is 68.8 Å². The molecule has 2 aromatic carbocycles. The number of aryl methyl sites for hydroxylation is 1. The van der Waals surface area contributed by atoms with Crippen LogP contribution in [0.3, 0.4) is 0 Å². The van der Waals surface area contributed by atoms with E-state index < -0.39 is 0 Å². The van der Waals surface area contributed by atoms with Gasteiger partial charge >= 0.3 is 0 Å². The number of aliphatic hydroxyl groups excluding tert-OH is 2. The highest BCUT2D eigenvalue weighted by molar-refractivity contribution is 6.10. The van der Waals surface area contributed by atoms with Gasteiger partial charge in [0.2, 0.25) is 0 Å². The summed E-state index contributed by atoms with van der Waals surface area (Å²) >= 11 is 0. The zero-order chi connectivity index (χ0) is 29.2. The van der Waals surface area contributed by atoms with Crippen LogP contribution < -0.4 is 14.5 Å². The van der Waals surface area contributed by atoms with Gasteiger partial charge in [0.1, 0.15) is 11.6 Å². The number of piperazine rings is 1. The van der Waals surface area contributed by atoms with E-state index >= 15 is 0 Å². The maximum absolute atomic E-state index is 9.37. The van der Waals surface area contributed by atoms with Gasteiger partial charge in [-0.1, -0.05) is 6.07 Å². The average Bonchev–Trinajstić information content (AvgIpc) is 3.23. The summed E-state index contributed by atoms with van der Waals surface area (Å²) in [7, 11) is 4.85. The van der Waals surface area contributed by atoms with E-state index in [0.717, 1.165) is 98.3 Å². The molecule has 0 amide bonds. The molecular weight excluding hydrogens is 516 g/mol. The minimum absolute atomic E-state index is 0.180. The molecule has 41 heavy (non-hydrogen) atoms. The van der Waals surface area contributed by atoms with E-state index in [1.807, 2.05) is 36.7 Å². The first-order valence-corrected chi connectivity index (χ1v) is 14.2. The summed E-state index contributed by atoms with van der Waals surface area (Å²) in [5, 5.41) is 16.4. The molecule has 2 aliphatic heterocycles. The Morgan fingerprint density at radius 3 is 2.46 bits per heavy atom. The highest BCUT2D eigenvalue weighted by Crippen LogP contribution is 2.38. The first-order valence-electron chi connectivity index (χ1n) is 14.2. The van der Waals surface area contributed by atoms with Gasteiger partial charge in [-0.15, -0.1) is 0 Å². The predicted molar refractivity (Wildman–Crippen MR) is 169 cm³/mol. The second-order valence-electron chi connectivity index (χ2n) is 10.2. The first-order chi connectivity index (χ1) is 20.1. The molecule has 0 radical (unpaired) electrons. The van der Waals surface area contributed by atoms with E-state index in [1.54, 1.807) is 7.11 Å². The van der Waals surface area contributed by atoms with Crippen molar-refractivity contribution in [1.82, 2.24) is 9.88 Å². The number of hydrogen-bond acceptors (Lipinski definition) is 9. The molecule has 9 heteroatoms. The third-order valence-corrected chi connectivity index (χ3v) is 7.38. The van der Waals surface area contributed by atoms with Crippen LogP contribution in [0.5, 0.6) is 5.75 Å². The summed E-state index contributed by atoms with van der Waals surface area (Å²) in [5.74, 6) is 1.87. The first kappa shape index (κ1) is 30.2. The van der Waals surface area contributed by atoms with Crippen molar-refractivity contribution >= 4 is 40.5 Å². The minimum Gasteiger partial charge on any atom is -0.497 e. The molecule has 9 nitrogen and oxygen atoms in total. The fourth-order valence-corrected chi connectivity index (χ4v) is 5.12.